The quantitative estimate of drug-likeness (QED) is 0.598. The molecule has 3 N–H and O–H groups in total. The van der Waals surface area contributed by atoms with Crippen LogP contribution in [0.4, 0.5) is 5.82 Å². The number of hydrogen-bond donors (Lipinski definition) is 3. The van der Waals surface area contributed by atoms with E-state index in [2.05, 4.69) is 20.6 Å². The SMILES string of the molecule is O=C(N[C@@H]1CCC[C@H]1O)c1nc(-c2ccc3nc(NC(=O)C4CC4)cn3c2)cs1. The van der Waals surface area contributed by atoms with E-state index in [1.165, 1.54) is 11.3 Å². The van der Waals surface area contributed by atoms with Gasteiger partial charge in [0.15, 0.2) is 10.8 Å². The van der Waals surface area contributed by atoms with Crippen molar-refractivity contribution in [1.29, 1.82) is 0 Å². The molecule has 3 aromatic rings. The lowest BCUT2D eigenvalue weighted by Crippen LogP contribution is -2.39. The van der Waals surface area contributed by atoms with Crippen molar-refractivity contribution in [1.82, 2.24) is 19.7 Å². The fourth-order valence-corrected chi connectivity index (χ4v) is 4.36. The van der Waals surface area contributed by atoms with Gasteiger partial charge in [-0.2, -0.15) is 0 Å². The minimum absolute atomic E-state index is 0.0242. The molecule has 0 aromatic carbocycles. The Hall–Kier alpha value is -2.78. The van der Waals surface area contributed by atoms with Crippen LogP contribution in [0.2, 0.25) is 0 Å². The highest BCUT2D eigenvalue weighted by atomic mass is 32.1. The van der Waals surface area contributed by atoms with Crippen LogP contribution in [0, 0.1) is 5.92 Å². The number of hydrogen-bond acceptors (Lipinski definition) is 6. The molecule has 3 heterocycles. The fraction of sp³-hybridized carbons (Fsp3) is 0.400. The molecule has 29 heavy (non-hydrogen) atoms. The second-order valence-electron chi connectivity index (χ2n) is 7.69. The van der Waals surface area contributed by atoms with Crippen LogP contribution in [-0.4, -0.2) is 43.4 Å². The van der Waals surface area contributed by atoms with Crippen molar-refractivity contribution in [3.05, 3.63) is 34.9 Å². The Bertz CT molecular complexity index is 1090. The van der Waals surface area contributed by atoms with Gasteiger partial charge in [0, 0.05) is 23.1 Å². The number of anilines is 1. The van der Waals surface area contributed by atoms with Crippen molar-refractivity contribution in [3.63, 3.8) is 0 Å². The van der Waals surface area contributed by atoms with Crippen molar-refractivity contribution in [2.45, 2.75) is 44.2 Å². The Balaban J connectivity index is 1.32. The Morgan fingerprint density at radius 2 is 2.00 bits per heavy atom. The molecular weight excluding hydrogens is 390 g/mol. The van der Waals surface area contributed by atoms with E-state index in [9.17, 15) is 14.7 Å². The lowest BCUT2D eigenvalue weighted by Gasteiger charge is -2.15. The minimum atomic E-state index is -0.475. The molecular formula is C20H21N5O3S. The molecule has 3 aromatic heterocycles. The standard InChI is InChI=1S/C20H21N5O3S/c26-15-3-1-2-13(15)21-19(28)20-22-14(10-29-20)12-6-7-17-23-16(9-25(17)8-12)24-18(27)11-4-5-11/h6-11,13,15,26H,1-5H2,(H,21,28)(H,24,27)/t13-,15-/m1/s1. The molecule has 0 bridgehead atoms. The molecule has 150 valence electrons. The lowest BCUT2D eigenvalue weighted by atomic mass is 10.2. The van der Waals surface area contributed by atoms with Crippen LogP contribution < -0.4 is 10.6 Å². The number of imidazole rings is 1. The summed E-state index contributed by atoms with van der Waals surface area (Å²) in [6.45, 7) is 0. The summed E-state index contributed by atoms with van der Waals surface area (Å²) < 4.78 is 1.84. The molecule has 5 rings (SSSR count). The maximum Gasteiger partial charge on any atom is 0.280 e. The van der Waals surface area contributed by atoms with Gasteiger partial charge in [-0.15, -0.1) is 11.3 Å². The number of pyridine rings is 1. The normalized spacial score (nSPS) is 21.4. The smallest absolute Gasteiger partial charge is 0.280 e. The van der Waals surface area contributed by atoms with Crippen molar-refractivity contribution in [2.75, 3.05) is 5.32 Å². The molecule has 2 amide bonds. The van der Waals surface area contributed by atoms with E-state index in [4.69, 9.17) is 0 Å². The summed E-state index contributed by atoms with van der Waals surface area (Å²) in [7, 11) is 0. The molecule has 8 nitrogen and oxygen atoms in total. The first-order chi connectivity index (χ1) is 14.1. The first-order valence-corrected chi connectivity index (χ1v) is 10.7. The maximum atomic E-state index is 12.4. The zero-order valence-electron chi connectivity index (χ0n) is 15.7. The van der Waals surface area contributed by atoms with E-state index in [0.717, 1.165) is 43.3 Å². The van der Waals surface area contributed by atoms with Gasteiger partial charge in [-0.3, -0.25) is 9.59 Å². The number of aliphatic hydroxyl groups is 1. The first kappa shape index (κ1) is 18.3. The molecule has 0 saturated heterocycles. The van der Waals surface area contributed by atoms with Crippen LogP contribution in [0.5, 0.6) is 0 Å². The summed E-state index contributed by atoms with van der Waals surface area (Å²) in [4.78, 5) is 33.3. The summed E-state index contributed by atoms with van der Waals surface area (Å²) in [5, 5.41) is 17.8. The summed E-state index contributed by atoms with van der Waals surface area (Å²) >= 11 is 1.28. The van der Waals surface area contributed by atoms with Crippen molar-refractivity contribution in [3.8, 4) is 11.3 Å². The zero-order chi connectivity index (χ0) is 20.0. The highest BCUT2D eigenvalue weighted by Crippen LogP contribution is 2.30. The minimum Gasteiger partial charge on any atom is -0.391 e. The summed E-state index contributed by atoms with van der Waals surface area (Å²) in [5.74, 6) is 0.435. The first-order valence-electron chi connectivity index (χ1n) is 9.81. The average Bonchev–Trinajstić information content (AvgIpc) is 3.10. The van der Waals surface area contributed by atoms with Crippen LogP contribution in [-0.2, 0) is 4.79 Å². The van der Waals surface area contributed by atoms with Gasteiger partial charge in [0.25, 0.3) is 5.91 Å². The molecule has 0 spiro atoms. The summed E-state index contributed by atoms with van der Waals surface area (Å²) in [5.41, 5.74) is 2.28. The second kappa shape index (κ2) is 7.23. The van der Waals surface area contributed by atoms with Gasteiger partial charge in [-0.25, -0.2) is 9.97 Å². The van der Waals surface area contributed by atoms with Crippen molar-refractivity contribution < 1.29 is 14.7 Å². The number of nitrogens with zero attached hydrogens (tertiary/aromatic N) is 3. The number of fused-ring (bicyclic) bond motifs is 1. The van der Waals surface area contributed by atoms with Crippen LogP contribution >= 0.6 is 11.3 Å². The molecule has 9 heteroatoms. The monoisotopic (exact) mass is 411 g/mol. The fourth-order valence-electron chi connectivity index (χ4n) is 3.63. The lowest BCUT2D eigenvalue weighted by molar-refractivity contribution is -0.117. The van der Waals surface area contributed by atoms with Gasteiger partial charge in [0.05, 0.1) is 24.0 Å². The third kappa shape index (κ3) is 3.75. The zero-order valence-corrected chi connectivity index (χ0v) is 16.5. The maximum absolute atomic E-state index is 12.4. The number of nitrogens with one attached hydrogen (secondary N) is 2. The summed E-state index contributed by atoms with van der Waals surface area (Å²) in [6, 6.07) is 3.56. The highest BCUT2D eigenvalue weighted by Gasteiger charge is 2.30. The van der Waals surface area contributed by atoms with Gasteiger partial charge in [0.1, 0.15) is 5.65 Å². The third-order valence-corrected chi connectivity index (χ3v) is 6.28. The van der Waals surface area contributed by atoms with E-state index < -0.39 is 6.10 Å². The van der Waals surface area contributed by atoms with Crippen LogP contribution in [0.1, 0.15) is 41.9 Å². The number of rotatable bonds is 5. The average molecular weight is 411 g/mol. The van der Waals surface area contributed by atoms with Crippen molar-refractivity contribution >= 4 is 34.6 Å². The predicted molar refractivity (Wildman–Crippen MR) is 109 cm³/mol. The predicted octanol–water partition coefficient (Wildman–Crippen LogP) is 2.45. The Kier molecular flexibility index (Phi) is 4.56. The summed E-state index contributed by atoms with van der Waals surface area (Å²) in [6.07, 6.45) is 7.52. The molecule has 2 fully saturated rings. The van der Waals surface area contributed by atoms with Gasteiger partial charge >= 0.3 is 0 Å². The third-order valence-electron chi connectivity index (χ3n) is 5.44. The molecule has 0 aliphatic heterocycles. The Labute approximate surface area is 171 Å². The van der Waals surface area contributed by atoms with E-state index in [1.54, 1.807) is 6.20 Å². The van der Waals surface area contributed by atoms with Crippen LogP contribution in [0.15, 0.2) is 29.9 Å². The van der Waals surface area contributed by atoms with Gasteiger partial charge in [0.2, 0.25) is 5.91 Å². The molecule has 2 aliphatic rings. The molecule has 2 saturated carbocycles. The number of thiazole rings is 1. The molecule has 2 aliphatic carbocycles. The Morgan fingerprint density at radius 1 is 1.14 bits per heavy atom. The number of carbonyl (C=O) groups is 2. The van der Waals surface area contributed by atoms with Crippen molar-refractivity contribution in [2.24, 2.45) is 5.92 Å². The van der Waals surface area contributed by atoms with E-state index in [-0.39, 0.29) is 23.8 Å². The molecule has 0 unspecified atom stereocenters. The Morgan fingerprint density at radius 3 is 2.76 bits per heavy atom. The van der Waals surface area contributed by atoms with E-state index in [1.807, 2.05) is 28.1 Å². The number of amides is 2. The van der Waals surface area contributed by atoms with Crippen LogP contribution in [0.25, 0.3) is 16.9 Å². The molecule has 2 atom stereocenters. The van der Waals surface area contributed by atoms with Gasteiger partial charge in [-0.1, -0.05) is 0 Å². The largest absolute Gasteiger partial charge is 0.391 e. The second-order valence-corrected chi connectivity index (χ2v) is 8.55. The highest BCUT2D eigenvalue weighted by molar-refractivity contribution is 7.12. The van der Waals surface area contributed by atoms with Gasteiger partial charge < -0.3 is 20.1 Å². The van der Waals surface area contributed by atoms with Crippen LogP contribution in [0.3, 0.4) is 0 Å². The van der Waals surface area contributed by atoms with Gasteiger partial charge in [-0.05, 0) is 44.2 Å². The number of carbonyl (C=O) groups excluding carboxylic acids is 2. The van der Waals surface area contributed by atoms with E-state index in [0.29, 0.717) is 16.5 Å². The number of aliphatic hydroxyl groups excluding tert-OH is 1. The van der Waals surface area contributed by atoms with E-state index >= 15 is 0 Å². The number of aromatic nitrogens is 3. The molecule has 0 radical (unpaired) electrons. The topological polar surface area (TPSA) is 109 Å².